The second kappa shape index (κ2) is 3.94. The molecule has 0 spiro atoms. The minimum atomic E-state index is -0.135. The Balaban J connectivity index is 2.63. The number of nitrogens with one attached hydrogen (secondary N) is 1. The van der Waals surface area contributed by atoms with E-state index in [2.05, 4.69) is 11.9 Å². The summed E-state index contributed by atoms with van der Waals surface area (Å²) in [4.78, 5) is 11.4. The Morgan fingerprint density at radius 2 is 2.46 bits per heavy atom. The summed E-state index contributed by atoms with van der Waals surface area (Å²) < 4.78 is 5.01. The lowest BCUT2D eigenvalue weighted by Gasteiger charge is -2.06. The number of furan rings is 1. The first-order chi connectivity index (χ1) is 6.13. The smallest absolute Gasteiger partial charge is 0.254 e. The zero-order valence-corrected chi connectivity index (χ0v) is 7.83. The fraction of sp³-hybridized carbons (Fsp3) is 0.300. The molecule has 1 N–H and O–H groups in total. The zero-order chi connectivity index (χ0) is 9.84. The fourth-order valence-corrected chi connectivity index (χ4v) is 0.912. The zero-order valence-electron chi connectivity index (χ0n) is 7.83. The van der Waals surface area contributed by atoms with Gasteiger partial charge in [0.2, 0.25) is 0 Å². The number of hydrogen-bond donors (Lipinski definition) is 1. The van der Waals surface area contributed by atoms with Crippen LogP contribution in [0, 0.1) is 6.92 Å². The summed E-state index contributed by atoms with van der Waals surface area (Å²) >= 11 is 0. The monoisotopic (exact) mass is 179 g/mol. The van der Waals surface area contributed by atoms with Crippen molar-refractivity contribution in [1.29, 1.82) is 0 Å². The average molecular weight is 179 g/mol. The highest BCUT2D eigenvalue weighted by molar-refractivity contribution is 5.94. The third kappa shape index (κ3) is 2.47. The number of hydrogen-bond acceptors (Lipinski definition) is 2. The van der Waals surface area contributed by atoms with Crippen molar-refractivity contribution >= 4 is 5.91 Å². The molecule has 0 bridgehead atoms. The van der Waals surface area contributed by atoms with Crippen LogP contribution in [0.3, 0.4) is 0 Å². The maximum Gasteiger partial charge on any atom is 0.254 e. The van der Waals surface area contributed by atoms with Crippen molar-refractivity contribution in [2.75, 3.05) is 0 Å². The third-order valence-corrected chi connectivity index (χ3v) is 1.71. The second-order valence-corrected chi connectivity index (χ2v) is 2.94. The Kier molecular flexibility index (Phi) is 2.90. The maximum atomic E-state index is 11.4. The van der Waals surface area contributed by atoms with E-state index in [0.29, 0.717) is 5.56 Å². The number of rotatable bonds is 3. The van der Waals surface area contributed by atoms with Crippen LogP contribution in [-0.4, -0.2) is 11.9 Å². The van der Waals surface area contributed by atoms with Crippen LogP contribution >= 0.6 is 0 Å². The van der Waals surface area contributed by atoms with Gasteiger partial charge >= 0.3 is 0 Å². The van der Waals surface area contributed by atoms with E-state index in [0.717, 1.165) is 5.76 Å². The van der Waals surface area contributed by atoms with Crippen LogP contribution in [0.1, 0.15) is 23.0 Å². The second-order valence-electron chi connectivity index (χ2n) is 2.94. The van der Waals surface area contributed by atoms with Crippen molar-refractivity contribution in [3.8, 4) is 0 Å². The van der Waals surface area contributed by atoms with Crippen molar-refractivity contribution in [2.45, 2.75) is 19.9 Å². The Hall–Kier alpha value is -1.51. The van der Waals surface area contributed by atoms with Gasteiger partial charge in [-0.3, -0.25) is 4.79 Å². The van der Waals surface area contributed by atoms with Gasteiger partial charge in [0.25, 0.3) is 5.91 Å². The van der Waals surface area contributed by atoms with E-state index in [1.54, 1.807) is 19.1 Å². The molecule has 1 aromatic rings. The van der Waals surface area contributed by atoms with Crippen LogP contribution in [0.2, 0.25) is 0 Å². The highest BCUT2D eigenvalue weighted by atomic mass is 16.3. The van der Waals surface area contributed by atoms with Crippen molar-refractivity contribution in [3.05, 3.63) is 36.3 Å². The molecular weight excluding hydrogens is 166 g/mol. The molecule has 0 saturated carbocycles. The van der Waals surface area contributed by atoms with Crippen LogP contribution in [-0.2, 0) is 0 Å². The molecule has 0 aromatic carbocycles. The van der Waals surface area contributed by atoms with Crippen molar-refractivity contribution < 1.29 is 9.21 Å². The van der Waals surface area contributed by atoms with Crippen molar-refractivity contribution in [1.82, 2.24) is 5.32 Å². The first kappa shape index (κ1) is 9.58. The summed E-state index contributed by atoms with van der Waals surface area (Å²) in [5.41, 5.74) is 0.547. The molecule has 1 heterocycles. The topological polar surface area (TPSA) is 42.2 Å². The van der Waals surface area contributed by atoms with Crippen LogP contribution in [0.15, 0.2) is 29.4 Å². The van der Waals surface area contributed by atoms with Gasteiger partial charge in [-0.25, -0.2) is 0 Å². The molecule has 0 fully saturated rings. The number of carbonyl (C=O) groups is 1. The minimum Gasteiger partial charge on any atom is -0.469 e. The SMILES string of the molecule is C=CC(C)NC(=O)c1coc(C)c1. The van der Waals surface area contributed by atoms with Gasteiger partial charge in [0, 0.05) is 6.04 Å². The highest BCUT2D eigenvalue weighted by Gasteiger charge is 2.09. The Morgan fingerprint density at radius 3 is 2.92 bits per heavy atom. The average Bonchev–Trinajstić information content (AvgIpc) is 2.51. The van der Waals surface area contributed by atoms with Gasteiger partial charge < -0.3 is 9.73 Å². The lowest BCUT2D eigenvalue weighted by atomic mass is 10.2. The molecule has 0 saturated heterocycles. The lowest BCUT2D eigenvalue weighted by Crippen LogP contribution is -2.30. The normalized spacial score (nSPS) is 12.2. The van der Waals surface area contributed by atoms with E-state index < -0.39 is 0 Å². The summed E-state index contributed by atoms with van der Waals surface area (Å²) in [6.07, 6.45) is 3.12. The van der Waals surface area contributed by atoms with E-state index >= 15 is 0 Å². The molecule has 0 aliphatic carbocycles. The lowest BCUT2D eigenvalue weighted by molar-refractivity contribution is 0.0946. The van der Waals surface area contributed by atoms with Crippen molar-refractivity contribution in [2.24, 2.45) is 0 Å². The largest absolute Gasteiger partial charge is 0.469 e. The molecule has 0 aliphatic rings. The van der Waals surface area contributed by atoms with E-state index in [1.165, 1.54) is 6.26 Å². The van der Waals surface area contributed by atoms with Gasteiger partial charge in [-0.05, 0) is 19.9 Å². The number of carbonyl (C=O) groups excluding carboxylic acids is 1. The molecule has 1 unspecified atom stereocenters. The molecule has 0 aliphatic heterocycles. The molecule has 1 rings (SSSR count). The first-order valence-corrected chi connectivity index (χ1v) is 4.12. The molecular formula is C10H13NO2. The molecule has 3 nitrogen and oxygen atoms in total. The molecule has 3 heteroatoms. The Morgan fingerprint density at radius 1 is 1.77 bits per heavy atom. The summed E-state index contributed by atoms with van der Waals surface area (Å²) in [6, 6.07) is 1.67. The van der Waals surface area contributed by atoms with Crippen LogP contribution in [0.5, 0.6) is 0 Å². The minimum absolute atomic E-state index is 0.0253. The first-order valence-electron chi connectivity index (χ1n) is 4.12. The summed E-state index contributed by atoms with van der Waals surface area (Å²) in [7, 11) is 0. The van der Waals surface area contributed by atoms with Crippen LogP contribution in [0.4, 0.5) is 0 Å². The number of amides is 1. The van der Waals surface area contributed by atoms with E-state index in [1.807, 2.05) is 6.92 Å². The van der Waals surface area contributed by atoms with Gasteiger partial charge in [-0.2, -0.15) is 0 Å². The van der Waals surface area contributed by atoms with Crippen LogP contribution in [0.25, 0.3) is 0 Å². The highest BCUT2D eigenvalue weighted by Crippen LogP contribution is 2.05. The van der Waals surface area contributed by atoms with Crippen LogP contribution < -0.4 is 5.32 Å². The molecule has 1 aromatic heterocycles. The van der Waals surface area contributed by atoms with E-state index in [9.17, 15) is 4.79 Å². The predicted molar refractivity (Wildman–Crippen MR) is 50.6 cm³/mol. The molecule has 13 heavy (non-hydrogen) atoms. The predicted octanol–water partition coefficient (Wildman–Crippen LogP) is 1.89. The van der Waals surface area contributed by atoms with Gasteiger partial charge in [0.1, 0.15) is 12.0 Å². The van der Waals surface area contributed by atoms with Gasteiger partial charge in [-0.15, -0.1) is 6.58 Å². The van der Waals surface area contributed by atoms with E-state index in [-0.39, 0.29) is 11.9 Å². The molecule has 1 amide bonds. The van der Waals surface area contributed by atoms with Crippen molar-refractivity contribution in [3.63, 3.8) is 0 Å². The van der Waals surface area contributed by atoms with Gasteiger partial charge in [-0.1, -0.05) is 6.08 Å². The standard InChI is InChI=1S/C10H13NO2/c1-4-7(2)11-10(12)9-5-8(3)13-6-9/h4-7H,1H2,2-3H3,(H,11,12). The molecule has 0 radical (unpaired) electrons. The van der Waals surface area contributed by atoms with Gasteiger partial charge in [0.15, 0.2) is 0 Å². The molecule has 70 valence electrons. The fourth-order valence-electron chi connectivity index (χ4n) is 0.912. The Bertz CT molecular complexity index is 314. The quantitative estimate of drug-likeness (QED) is 0.720. The maximum absolute atomic E-state index is 11.4. The molecule has 1 atom stereocenters. The summed E-state index contributed by atoms with van der Waals surface area (Å²) in [6.45, 7) is 7.23. The van der Waals surface area contributed by atoms with Gasteiger partial charge in [0.05, 0.1) is 5.56 Å². The Labute approximate surface area is 77.4 Å². The number of aryl methyl sites for hydroxylation is 1. The van der Waals surface area contributed by atoms with E-state index in [4.69, 9.17) is 4.42 Å². The summed E-state index contributed by atoms with van der Waals surface area (Å²) in [5, 5.41) is 2.74. The summed E-state index contributed by atoms with van der Waals surface area (Å²) in [5.74, 6) is 0.598. The third-order valence-electron chi connectivity index (χ3n) is 1.71.